The van der Waals surface area contributed by atoms with Crippen molar-refractivity contribution in [1.82, 2.24) is 4.90 Å². The summed E-state index contributed by atoms with van der Waals surface area (Å²) in [5.41, 5.74) is 1.10. The summed E-state index contributed by atoms with van der Waals surface area (Å²) in [6.45, 7) is 5.25. The molecule has 0 radical (unpaired) electrons. The Hall–Kier alpha value is -2.57. The standard InChI is InChI=1S/C19H19NO5/c1-12-2-3-13(24-12)10-17-18(22)14-4-5-16(21)15(19(14)25-17)11-20-6-8-23-9-7-20/h2-5,10,21H,6-9,11H2,1H3/b17-10+. The minimum absolute atomic E-state index is 0.133. The van der Waals surface area contributed by atoms with Crippen molar-refractivity contribution in [2.75, 3.05) is 26.3 Å². The van der Waals surface area contributed by atoms with Crippen LogP contribution in [0.4, 0.5) is 0 Å². The highest BCUT2D eigenvalue weighted by molar-refractivity contribution is 6.14. The fraction of sp³-hybridized carbons (Fsp3) is 0.316. The molecule has 0 atom stereocenters. The minimum atomic E-state index is -0.202. The molecule has 2 aliphatic heterocycles. The number of hydrogen-bond donors (Lipinski definition) is 1. The maximum absolute atomic E-state index is 12.6. The van der Waals surface area contributed by atoms with E-state index >= 15 is 0 Å². The van der Waals surface area contributed by atoms with Gasteiger partial charge in [0.15, 0.2) is 5.76 Å². The van der Waals surface area contributed by atoms with E-state index in [2.05, 4.69) is 4.90 Å². The zero-order valence-corrected chi connectivity index (χ0v) is 13.9. The van der Waals surface area contributed by atoms with Gasteiger partial charge in [0.25, 0.3) is 0 Å². The van der Waals surface area contributed by atoms with Gasteiger partial charge in [0, 0.05) is 25.7 Å². The third kappa shape index (κ3) is 3.06. The number of furan rings is 1. The van der Waals surface area contributed by atoms with Crippen molar-refractivity contribution in [3.05, 3.63) is 52.7 Å². The first kappa shape index (κ1) is 15.9. The Morgan fingerprint density at radius 2 is 2.00 bits per heavy atom. The van der Waals surface area contributed by atoms with Crippen LogP contribution in [-0.2, 0) is 11.3 Å². The Labute approximate surface area is 145 Å². The molecule has 1 saturated heterocycles. The Kier molecular flexibility index (Phi) is 4.07. The van der Waals surface area contributed by atoms with Crippen molar-refractivity contribution in [3.63, 3.8) is 0 Å². The summed E-state index contributed by atoms with van der Waals surface area (Å²) < 4.78 is 16.7. The summed E-state index contributed by atoms with van der Waals surface area (Å²) in [6, 6.07) is 6.77. The highest BCUT2D eigenvalue weighted by atomic mass is 16.5. The highest BCUT2D eigenvalue weighted by Crippen LogP contribution is 2.40. The first-order valence-electron chi connectivity index (χ1n) is 8.27. The topological polar surface area (TPSA) is 72.1 Å². The Bertz CT molecular complexity index is 845. The van der Waals surface area contributed by atoms with Crippen LogP contribution in [0.2, 0.25) is 0 Å². The number of phenols is 1. The van der Waals surface area contributed by atoms with Crippen molar-refractivity contribution in [2.45, 2.75) is 13.5 Å². The largest absolute Gasteiger partial charge is 0.507 e. The maximum atomic E-state index is 12.6. The van der Waals surface area contributed by atoms with Gasteiger partial charge in [-0.05, 0) is 31.2 Å². The molecule has 2 aromatic rings. The number of aryl methyl sites for hydroxylation is 1. The van der Waals surface area contributed by atoms with Crippen LogP contribution in [0.5, 0.6) is 11.5 Å². The molecule has 2 aliphatic rings. The lowest BCUT2D eigenvalue weighted by Crippen LogP contribution is -2.35. The fourth-order valence-corrected chi connectivity index (χ4v) is 3.09. The van der Waals surface area contributed by atoms with Gasteiger partial charge in [-0.3, -0.25) is 9.69 Å². The molecule has 1 N–H and O–H groups in total. The summed E-state index contributed by atoms with van der Waals surface area (Å²) in [6.07, 6.45) is 1.59. The maximum Gasteiger partial charge on any atom is 0.232 e. The fourth-order valence-electron chi connectivity index (χ4n) is 3.09. The summed E-state index contributed by atoms with van der Waals surface area (Å²) >= 11 is 0. The third-order valence-electron chi connectivity index (χ3n) is 4.44. The molecule has 0 amide bonds. The van der Waals surface area contributed by atoms with E-state index in [9.17, 15) is 9.90 Å². The van der Waals surface area contributed by atoms with Gasteiger partial charge in [-0.25, -0.2) is 0 Å². The van der Waals surface area contributed by atoms with Crippen LogP contribution in [0.1, 0.15) is 27.4 Å². The number of morpholine rings is 1. The molecule has 0 unspecified atom stereocenters. The molecule has 130 valence electrons. The van der Waals surface area contributed by atoms with E-state index in [0.29, 0.717) is 42.4 Å². The summed E-state index contributed by atoms with van der Waals surface area (Å²) in [5, 5.41) is 10.3. The molecule has 1 aromatic heterocycles. The number of carbonyl (C=O) groups is 1. The number of phenolic OH excluding ortho intramolecular Hbond substituents is 1. The Morgan fingerprint density at radius 3 is 2.72 bits per heavy atom. The summed E-state index contributed by atoms with van der Waals surface area (Å²) in [5.74, 6) is 1.90. The number of benzene rings is 1. The van der Waals surface area contributed by atoms with Gasteiger partial charge in [-0.2, -0.15) is 0 Å². The molecule has 0 aliphatic carbocycles. The average molecular weight is 341 g/mol. The third-order valence-corrected chi connectivity index (χ3v) is 4.44. The molecule has 4 rings (SSSR count). The zero-order chi connectivity index (χ0) is 17.4. The first-order chi connectivity index (χ1) is 12.1. The Balaban J connectivity index is 1.65. The molecule has 0 saturated carbocycles. The van der Waals surface area contributed by atoms with Crippen molar-refractivity contribution >= 4 is 11.9 Å². The SMILES string of the molecule is Cc1ccc(/C=C2/Oc3c(ccc(O)c3CN3CCOCC3)C2=O)o1. The van der Waals surface area contributed by atoms with Crippen LogP contribution in [0.15, 0.2) is 34.4 Å². The number of Topliss-reactive ketones (excluding diaryl/α,β-unsaturated/α-hetero) is 1. The van der Waals surface area contributed by atoms with Crippen LogP contribution >= 0.6 is 0 Å². The molecule has 3 heterocycles. The second-order valence-corrected chi connectivity index (χ2v) is 6.22. The van der Waals surface area contributed by atoms with Gasteiger partial charge in [-0.15, -0.1) is 0 Å². The number of aromatic hydroxyl groups is 1. The second kappa shape index (κ2) is 6.38. The lowest BCUT2D eigenvalue weighted by atomic mass is 10.0. The predicted octanol–water partition coefficient (Wildman–Crippen LogP) is 2.74. The van der Waals surface area contributed by atoms with E-state index in [-0.39, 0.29) is 17.3 Å². The molecule has 1 aromatic carbocycles. The van der Waals surface area contributed by atoms with Crippen LogP contribution < -0.4 is 4.74 Å². The first-order valence-corrected chi connectivity index (χ1v) is 8.27. The smallest absolute Gasteiger partial charge is 0.232 e. The molecular weight excluding hydrogens is 322 g/mol. The average Bonchev–Trinajstić information content (AvgIpc) is 3.16. The van der Waals surface area contributed by atoms with E-state index in [4.69, 9.17) is 13.9 Å². The number of carbonyl (C=O) groups excluding carboxylic acids is 1. The molecular formula is C19H19NO5. The van der Waals surface area contributed by atoms with E-state index in [1.807, 2.05) is 13.0 Å². The van der Waals surface area contributed by atoms with Gasteiger partial charge in [0.05, 0.1) is 24.3 Å². The van der Waals surface area contributed by atoms with Gasteiger partial charge < -0.3 is 19.0 Å². The van der Waals surface area contributed by atoms with Gasteiger partial charge in [0.2, 0.25) is 5.78 Å². The molecule has 6 heteroatoms. The normalized spacial score (nSPS) is 19.2. The number of ether oxygens (including phenoxy) is 2. The minimum Gasteiger partial charge on any atom is -0.507 e. The lowest BCUT2D eigenvalue weighted by molar-refractivity contribution is 0.0336. The summed E-state index contributed by atoms with van der Waals surface area (Å²) in [4.78, 5) is 14.8. The van der Waals surface area contributed by atoms with Gasteiger partial charge >= 0.3 is 0 Å². The second-order valence-electron chi connectivity index (χ2n) is 6.22. The number of hydrogen-bond acceptors (Lipinski definition) is 6. The van der Waals surface area contributed by atoms with Crippen LogP contribution in [0, 0.1) is 6.92 Å². The van der Waals surface area contributed by atoms with E-state index < -0.39 is 0 Å². The molecule has 6 nitrogen and oxygen atoms in total. The van der Waals surface area contributed by atoms with Crippen molar-refractivity contribution in [2.24, 2.45) is 0 Å². The van der Waals surface area contributed by atoms with Crippen LogP contribution in [0.3, 0.4) is 0 Å². The molecule has 0 spiro atoms. The van der Waals surface area contributed by atoms with E-state index in [0.717, 1.165) is 18.8 Å². The highest BCUT2D eigenvalue weighted by Gasteiger charge is 2.32. The Morgan fingerprint density at radius 1 is 1.20 bits per heavy atom. The van der Waals surface area contributed by atoms with Gasteiger partial charge in [-0.1, -0.05) is 0 Å². The molecule has 1 fully saturated rings. The van der Waals surface area contributed by atoms with Crippen molar-refractivity contribution in [1.29, 1.82) is 0 Å². The number of nitrogens with zero attached hydrogens (tertiary/aromatic N) is 1. The zero-order valence-electron chi connectivity index (χ0n) is 13.9. The lowest BCUT2D eigenvalue weighted by Gasteiger charge is -2.27. The molecule has 25 heavy (non-hydrogen) atoms. The quantitative estimate of drug-likeness (QED) is 0.866. The number of ketones is 1. The summed E-state index contributed by atoms with van der Waals surface area (Å²) in [7, 11) is 0. The number of rotatable bonds is 3. The van der Waals surface area contributed by atoms with Crippen LogP contribution in [-0.4, -0.2) is 42.1 Å². The number of allylic oxidation sites excluding steroid dienone is 1. The van der Waals surface area contributed by atoms with E-state index in [1.165, 1.54) is 0 Å². The van der Waals surface area contributed by atoms with Crippen LogP contribution in [0.25, 0.3) is 6.08 Å². The monoisotopic (exact) mass is 341 g/mol. The van der Waals surface area contributed by atoms with Crippen molar-refractivity contribution < 1.29 is 23.8 Å². The number of fused-ring (bicyclic) bond motifs is 1. The molecule has 0 bridgehead atoms. The van der Waals surface area contributed by atoms with Crippen molar-refractivity contribution in [3.8, 4) is 11.5 Å². The van der Waals surface area contributed by atoms with E-state index in [1.54, 1.807) is 24.3 Å². The predicted molar refractivity (Wildman–Crippen MR) is 90.6 cm³/mol. The van der Waals surface area contributed by atoms with Gasteiger partial charge in [0.1, 0.15) is 23.0 Å².